The highest BCUT2D eigenvalue weighted by Gasteiger charge is 2.51. The van der Waals surface area contributed by atoms with E-state index in [0.29, 0.717) is 17.0 Å². The summed E-state index contributed by atoms with van der Waals surface area (Å²) in [7, 11) is -0.919. The summed E-state index contributed by atoms with van der Waals surface area (Å²) in [5.74, 6) is 1.55. The molecule has 9 heteroatoms. The van der Waals surface area contributed by atoms with Gasteiger partial charge in [0.25, 0.3) is 0 Å². The first kappa shape index (κ1) is 19.6. The van der Waals surface area contributed by atoms with Gasteiger partial charge in [0.05, 0.1) is 14.2 Å². The smallest absolute Gasteiger partial charge is 0.241 e. The lowest BCUT2D eigenvalue weighted by molar-refractivity contribution is 0.402. The van der Waals surface area contributed by atoms with Crippen LogP contribution < -0.4 is 14.6 Å². The Balaban J connectivity index is 1.76. The molecule has 30 heavy (non-hydrogen) atoms. The van der Waals surface area contributed by atoms with Gasteiger partial charge in [-0.3, -0.25) is 0 Å². The van der Waals surface area contributed by atoms with Crippen molar-refractivity contribution in [3.8, 4) is 34.1 Å². The van der Waals surface area contributed by atoms with Crippen LogP contribution in [0.1, 0.15) is 24.0 Å². The molecule has 0 saturated heterocycles. The van der Waals surface area contributed by atoms with Crippen LogP contribution in [0.2, 0.25) is 0 Å². The molecule has 156 valence electrons. The van der Waals surface area contributed by atoms with E-state index in [1.807, 2.05) is 12.1 Å². The molecule has 0 bridgehead atoms. The Hall–Kier alpha value is -2.36. The van der Waals surface area contributed by atoms with Gasteiger partial charge in [0.15, 0.2) is 5.76 Å². The minimum atomic E-state index is -3.96. The quantitative estimate of drug-likeness (QED) is 0.591. The van der Waals surface area contributed by atoms with E-state index in [1.54, 1.807) is 19.2 Å². The van der Waals surface area contributed by atoms with Crippen LogP contribution in [0.3, 0.4) is 0 Å². The Labute approximate surface area is 182 Å². The maximum Gasteiger partial charge on any atom is 0.241 e. The van der Waals surface area contributed by atoms with Gasteiger partial charge in [-0.05, 0) is 49.1 Å². The fourth-order valence-corrected chi connectivity index (χ4v) is 6.04. The molecule has 2 aliphatic rings. The molecule has 1 saturated carbocycles. The highest BCUT2D eigenvalue weighted by Crippen LogP contribution is 2.61. The topological polar surface area (TPSA) is 105 Å². The fourth-order valence-electron chi connectivity index (χ4n) is 4.46. The number of para-hydroxylation sites is 1. The van der Waals surface area contributed by atoms with Crippen LogP contribution in [0.4, 0.5) is 0 Å². The summed E-state index contributed by atoms with van der Waals surface area (Å²) in [4.78, 5) is -0.0824. The number of ether oxygens (including phenoxy) is 2. The zero-order valence-corrected chi connectivity index (χ0v) is 18.8. The van der Waals surface area contributed by atoms with E-state index >= 15 is 0 Å². The molecule has 7 nitrogen and oxygen atoms in total. The maximum absolute atomic E-state index is 12.0. The van der Waals surface area contributed by atoms with Crippen molar-refractivity contribution in [3.63, 3.8) is 0 Å². The maximum atomic E-state index is 12.0. The van der Waals surface area contributed by atoms with E-state index in [9.17, 15) is 8.42 Å². The van der Waals surface area contributed by atoms with Crippen LogP contribution in [-0.4, -0.2) is 27.8 Å². The van der Waals surface area contributed by atoms with Crippen molar-refractivity contribution in [1.82, 2.24) is 5.16 Å². The van der Waals surface area contributed by atoms with Gasteiger partial charge < -0.3 is 14.0 Å². The number of rotatable bonds is 4. The van der Waals surface area contributed by atoms with Gasteiger partial charge in [-0.2, -0.15) is 0 Å². The van der Waals surface area contributed by atoms with Crippen LogP contribution in [0.5, 0.6) is 11.5 Å². The van der Waals surface area contributed by atoms with Crippen LogP contribution >= 0.6 is 15.9 Å². The van der Waals surface area contributed by atoms with Gasteiger partial charge in [-0.15, -0.1) is 0 Å². The second-order valence-electron chi connectivity index (χ2n) is 7.71. The lowest BCUT2D eigenvalue weighted by Crippen LogP contribution is -2.18. The number of hydrogen-bond donors (Lipinski definition) is 1. The highest BCUT2D eigenvalue weighted by molar-refractivity contribution is 9.10. The summed E-state index contributed by atoms with van der Waals surface area (Å²) in [6, 6.07) is 8.75. The number of hydrogen-bond acceptors (Lipinski definition) is 6. The number of fused-ring (bicyclic) bond motifs is 4. The number of nitrogens with zero attached hydrogens (tertiary/aromatic N) is 1. The van der Waals surface area contributed by atoms with Gasteiger partial charge in [0.1, 0.15) is 22.1 Å². The molecule has 5 rings (SSSR count). The number of halogens is 1. The van der Waals surface area contributed by atoms with Gasteiger partial charge in [-0.1, -0.05) is 27.2 Å². The van der Waals surface area contributed by atoms with Crippen LogP contribution in [-0.2, 0) is 21.9 Å². The van der Waals surface area contributed by atoms with E-state index in [0.717, 1.165) is 40.6 Å². The first-order valence-electron chi connectivity index (χ1n) is 9.36. The van der Waals surface area contributed by atoms with Gasteiger partial charge in [0, 0.05) is 26.6 Å². The lowest BCUT2D eigenvalue weighted by Gasteiger charge is -2.26. The molecule has 2 aliphatic carbocycles. The van der Waals surface area contributed by atoms with Crippen LogP contribution in [0, 0.1) is 0 Å². The Morgan fingerprint density at radius 3 is 2.57 bits per heavy atom. The number of primary sulfonamides is 1. The van der Waals surface area contributed by atoms with Crippen molar-refractivity contribution >= 4 is 26.0 Å². The Morgan fingerprint density at radius 1 is 1.17 bits per heavy atom. The fraction of sp³-hybridized carbons (Fsp3) is 0.286. The summed E-state index contributed by atoms with van der Waals surface area (Å²) < 4.78 is 41.8. The number of sulfonamides is 1. The monoisotopic (exact) mass is 490 g/mol. The van der Waals surface area contributed by atoms with E-state index in [4.69, 9.17) is 19.1 Å². The molecule has 3 aromatic rings. The third kappa shape index (κ3) is 2.79. The number of benzene rings is 2. The Morgan fingerprint density at radius 2 is 1.93 bits per heavy atom. The normalized spacial score (nSPS) is 16.1. The minimum Gasteiger partial charge on any atom is -0.497 e. The minimum absolute atomic E-state index is 0.0124. The van der Waals surface area contributed by atoms with E-state index in [-0.39, 0.29) is 16.1 Å². The molecule has 1 heterocycles. The van der Waals surface area contributed by atoms with Crippen molar-refractivity contribution in [2.45, 2.75) is 29.6 Å². The van der Waals surface area contributed by atoms with Gasteiger partial charge >= 0.3 is 0 Å². The molecule has 0 atom stereocenters. The average molecular weight is 491 g/mol. The number of nitrogens with two attached hydrogens (primary N) is 1. The molecule has 2 N–H and O–H groups in total. The van der Waals surface area contributed by atoms with Gasteiger partial charge in [0.2, 0.25) is 10.0 Å². The van der Waals surface area contributed by atoms with Gasteiger partial charge in [-0.25, -0.2) is 13.6 Å². The van der Waals surface area contributed by atoms with Crippen molar-refractivity contribution in [1.29, 1.82) is 0 Å². The van der Waals surface area contributed by atoms with Crippen molar-refractivity contribution in [2.75, 3.05) is 14.2 Å². The molecule has 2 aromatic carbocycles. The summed E-state index contributed by atoms with van der Waals surface area (Å²) in [5.41, 5.74) is 4.21. The van der Waals surface area contributed by atoms with Crippen LogP contribution in [0.25, 0.3) is 22.6 Å². The van der Waals surface area contributed by atoms with E-state index in [2.05, 4.69) is 21.1 Å². The highest BCUT2D eigenvalue weighted by atomic mass is 79.9. The van der Waals surface area contributed by atoms with Crippen molar-refractivity contribution in [3.05, 3.63) is 45.9 Å². The molecule has 1 aromatic heterocycles. The Bertz CT molecular complexity index is 1290. The Kier molecular flexibility index (Phi) is 4.29. The molecule has 0 aliphatic heterocycles. The lowest BCUT2D eigenvalue weighted by atomic mass is 9.78. The number of methoxy groups -OCH3 is 2. The zero-order chi connectivity index (χ0) is 21.3. The largest absolute Gasteiger partial charge is 0.497 e. The summed E-state index contributed by atoms with van der Waals surface area (Å²) in [5, 5.41) is 9.72. The second kappa shape index (κ2) is 6.57. The van der Waals surface area contributed by atoms with Crippen molar-refractivity contribution in [2.24, 2.45) is 5.14 Å². The molecule has 0 amide bonds. The predicted molar refractivity (Wildman–Crippen MR) is 114 cm³/mol. The molecule has 0 radical (unpaired) electrons. The number of aromatic nitrogens is 1. The summed E-state index contributed by atoms with van der Waals surface area (Å²) in [6.07, 6.45) is 2.87. The molecule has 1 spiro atoms. The standard InChI is InChI=1S/C21H19BrN2O5S/c1-27-11-8-13-17(15(22)9-11)21(6-7-21)10-14-18(24-29-19(13)14)12-4-3-5-16(20(12)28-2)30(23,25)26/h3-5,8-9H,6-7,10H2,1-2H3,(H2,23,25,26). The van der Waals surface area contributed by atoms with Crippen molar-refractivity contribution < 1.29 is 22.4 Å². The first-order valence-corrected chi connectivity index (χ1v) is 11.7. The second-order valence-corrected chi connectivity index (χ2v) is 10.1. The van der Waals surface area contributed by atoms with Crippen LogP contribution in [0.15, 0.2) is 44.2 Å². The predicted octanol–water partition coefficient (Wildman–Crippen LogP) is 4.02. The molecular formula is C21H19BrN2O5S. The third-order valence-electron chi connectivity index (χ3n) is 5.98. The molecule has 1 fully saturated rings. The average Bonchev–Trinajstić information content (AvgIpc) is 3.34. The summed E-state index contributed by atoms with van der Waals surface area (Å²) in [6.45, 7) is 0. The zero-order valence-electron chi connectivity index (χ0n) is 16.4. The third-order valence-corrected chi connectivity index (χ3v) is 7.54. The molecular weight excluding hydrogens is 472 g/mol. The molecule has 0 unspecified atom stereocenters. The SMILES string of the molecule is COc1cc(Br)c2c(c1)-c1onc(-c3cccc(S(N)(=O)=O)c3OC)c1CC21CC1. The summed E-state index contributed by atoms with van der Waals surface area (Å²) >= 11 is 3.70. The first-order chi connectivity index (χ1) is 14.3. The van der Waals surface area contributed by atoms with E-state index < -0.39 is 10.0 Å². The van der Waals surface area contributed by atoms with E-state index in [1.165, 1.54) is 18.7 Å².